The quantitative estimate of drug-likeness (QED) is 0.464. The summed E-state index contributed by atoms with van der Waals surface area (Å²) >= 11 is 6.16. The van der Waals surface area contributed by atoms with E-state index in [1.807, 2.05) is 12.1 Å². The van der Waals surface area contributed by atoms with Gasteiger partial charge in [0.05, 0.1) is 18.4 Å². The zero-order valence-corrected chi connectivity index (χ0v) is 19.6. The number of rotatable bonds is 8. The van der Waals surface area contributed by atoms with Gasteiger partial charge < -0.3 is 5.32 Å². The van der Waals surface area contributed by atoms with Crippen molar-refractivity contribution in [3.05, 3.63) is 88.7 Å². The average molecular weight is 512 g/mol. The molecule has 2 aromatic carbocycles. The Morgan fingerprint density at radius 3 is 2.29 bits per heavy atom. The minimum Gasteiger partial charge on any atom is -0.326 e. The minimum atomic E-state index is -4.55. The van der Waals surface area contributed by atoms with Gasteiger partial charge in [-0.15, -0.1) is 0 Å². The van der Waals surface area contributed by atoms with Crippen LogP contribution in [0.25, 0.3) is 0 Å². The van der Waals surface area contributed by atoms with E-state index >= 15 is 0 Å². The Labute approximate surface area is 200 Å². The van der Waals surface area contributed by atoms with E-state index in [-0.39, 0.29) is 13.0 Å². The fraction of sp³-hybridized carbons (Fsp3) is 0.217. The number of sulfonamides is 1. The highest BCUT2D eigenvalue weighted by atomic mass is 35.5. The van der Waals surface area contributed by atoms with Crippen LogP contribution in [-0.2, 0) is 33.8 Å². The molecule has 0 saturated heterocycles. The van der Waals surface area contributed by atoms with Crippen molar-refractivity contribution >= 4 is 38.9 Å². The molecule has 0 unspecified atom stereocenters. The Kier molecular flexibility index (Phi) is 7.83. The van der Waals surface area contributed by atoms with Crippen molar-refractivity contribution in [2.45, 2.75) is 19.0 Å². The number of carbonyl (C=O) groups excluding carboxylic acids is 1. The van der Waals surface area contributed by atoms with E-state index in [1.165, 1.54) is 10.4 Å². The Balaban J connectivity index is 1.65. The number of nitrogens with zero attached hydrogens (tertiary/aromatic N) is 2. The Bertz CT molecular complexity index is 1250. The van der Waals surface area contributed by atoms with Crippen LogP contribution in [0.1, 0.15) is 16.8 Å². The summed E-state index contributed by atoms with van der Waals surface area (Å²) in [4.78, 5) is 15.6. The maximum Gasteiger partial charge on any atom is 0.433 e. The van der Waals surface area contributed by atoms with E-state index in [0.717, 1.165) is 24.1 Å². The summed E-state index contributed by atoms with van der Waals surface area (Å²) in [6.07, 6.45) is -2.19. The van der Waals surface area contributed by atoms with E-state index in [1.54, 1.807) is 36.4 Å². The standard InChI is InChI=1S/C23H21ClF3N3O3S/c1-34(32,33)30(13-12-17-4-2-3-5-20(17)24)19-9-7-18(8-10-19)29-22(31)14-16-6-11-21(28-15-16)23(25,26)27/h2-11,15H,12-14H2,1H3,(H,29,31). The van der Waals surface area contributed by atoms with Crippen LogP contribution in [0.4, 0.5) is 24.5 Å². The summed E-state index contributed by atoms with van der Waals surface area (Å²) in [6.45, 7) is 0.176. The summed E-state index contributed by atoms with van der Waals surface area (Å²) in [5.41, 5.74) is 0.939. The molecule has 0 radical (unpaired) electrons. The summed E-state index contributed by atoms with van der Waals surface area (Å²) < 4.78 is 63.7. The van der Waals surface area contributed by atoms with Gasteiger partial charge in [0.1, 0.15) is 5.69 Å². The molecule has 1 aromatic heterocycles. The van der Waals surface area contributed by atoms with Crippen molar-refractivity contribution < 1.29 is 26.4 Å². The molecule has 0 fully saturated rings. The Morgan fingerprint density at radius 1 is 1.06 bits per heavy atom. The van der Waals surface area contributed by atoms with Crippen molar-refractivity contribution in [2.24, 2.45) is 0 Å². The lowest BCUT2D eigenvalue weighted by molar-refractivity contribution is -0.141. The minimum absolute atomic E-state index is 0.166. The number of amides is 1. The van der Waals surface area contributed by atoms with Gasteiger partial charge in [0.2, 0.25) is 15.9 Å². The van der Waals surface area contributed by atoms with Gasteiger partial charge in [0.25, 0.3) is 0 Å². The zero-order valence-electron chi connectivity index (χ0n) is 18.0. The van der Waals surface area contributed by atoms with E-state index in [4.69, 9.17) is 11.6 Å². The van der Waals surface area contributed by atoms with Gasteiger partial charge in [0.15, 0.2) is 0 Å². The monoisotopic (exact) mass is 511 g/mol. The molecule has 1 heterocycles. The maximum absolute atomic E-state index is 12.6. The van der Waals surface area contributed by atoms with Gasteiger partial charge >= 0.3 is 6.18 Å². The first-order valence-corrected chi connectivity index (χ1v) is 12.3. The smallest absolute Gasteiger partial charge is 0.326 e. The van der Waals surface area contributed by atoms with Crippen LogP contribution in [0, 0.1) is 0 Å². The van der Waals surface area contributed by atoms with Crippen LogP contribution < -0.4 is 9.62 Å². The average Bonchev–Trinajstić information content (AvgIpc) is 2.75. The molecular formula is C23H21ClF3N3O3S. The first-order chi connectivity index (χ1) is 15.9. The van der Waals surface area contributed by atoms with Crippen LogP contribution in [0.5, 0.6) is 0 Å². The molecule has 34 heavy (non-hydrogen) atoms. The van der Waals surface area contributed by atoms with Gasteiger partial charge in [-0.2, -0.15) is 13.2 Å². The third kappa shape index (κ3) is 6.94. The number of halogens is 4. The number of benzene rings is 2. The van der Waals surface area contributed by atoms with E-state index in [9.17, 15) is 26.4 Å². The van der Waals surface area contributed by atoms with Gasteiger partial charge in [-0.05, 0) is 53.9 Å². The van der Waals surface area contributed by atoms with Crippen molar-refractivity contribution in [3.8, 4) is 0 Å². The van der Waals surface area contributed by atoms with Crippen LogP contribution in [0.15, 0.2) is 66.9 Å². The van der Waals surface area contributed by atoms with Gasteiger partial charge in [-0.1, -0.05) is 35.9 Å². The van der Waals surface area contributed by atoms with E-state index in [0.29, 0.717) is 28.4 Å². The van der Waals surface area contributed by atoms with Crippen molar-refractivity contribution in [3.63, 3.8) is 0 Å². The summed E-state index contributed by atoms with van der Waals surface area (Å²) in [6, 6.07) is 15.4. The van der Waals surface area contributed by atoms with Crippen molar-refractivity contribution in [2.75, 3.05) is 22.4 Å². The number of anilines is 2. The molecule has 0 saturated carbocycles. The highest BCUT2D eigenvalue weighted by Gasteiger charge is 2.32. The molecule has 0 bridgehead atoms. The molecule has 0 aliphatic rings. The second kappa shape index (κ2) is 10.4. The fourth-order valence-electron chi connectivity index (χ4n) is 3.21. The summed E-state index contributed by atoms with van der Waals surface area (Å²) in [7, 11) is -3.58. The van der Waals surface area contributed by atoms with Crippen LogP contribution in [0.3, 0.4) is 0 Å². The summed E-state index contributed by atoms with van der Waals surface area (Å²) in [5.74, 6) is -0.451. The lowest BCUT2D eigenvalue weighted by Gasteiger charge is -2.23. The van der Waals surface area contributed by atoms with Crippen LogP contribution in [0.2, 0.25) is 5.02 Å². The van der Waals surface area contributed by atoms with Gasteiger partial charge in [-0.3, -0.25) is 14.1 Å². The molecule has 180 valence electrons. The number of hydrogen-bond donors (Lipinski definition) is 1. The Hall–Kier alpha value is -3.11. The molecule has 3 rings (SSSR count). The number of aromatic nitrogens is 1. The molecule has 11 heteroatoms. The molecule has 0 atom stereocenters. The third-order valence-electron chi connectivity index (χ3n) is 4.86. The highest BCUT2D eigenvalue weighted by molar-refractivity contribution is 7.92. The molecule has 0 spiro atoms. The van der Waals surface area contributed by atoms with Crippen molar-refractivity contribution in [1.82, 2.24) is 4.98 Å². The molecular weight excluding hydrogens is 491 g/mol. The lowest BCUT2D eigenvalue weighted by atomic mass is 10.1. The largest absolute Gasteiger partial charge is 0.433 e. The fourth-order valence-corrected chi connectivity index (χ4v) is 4.37. The topological polar surface area (TPSA) is 79.4 Å². The van der Waals surface area contributed by atoms with Crippen molar-refractivity contribution in [1.29, 1.82) is 0 Å². The van der Waals surface area contributed by atoms with Gasteiger partial charge in [0, 0.05) is 23.5 Å². The number of pyridine rings is 1. The number of alkyl halides is 3. The molecule has 0 aliphatic carbocycles. The molecule has 1 amide bonds. The number of nitrogens with one attached hydrogen (secondary N) is 1. The first-order valence-electron chi connectivity index (χ1n) is 10.1. The molecule has 0 aliphatic heterocycles. The predicted octanol–water partition coefficient (Wildman–Crippen LogP) is 4.94. The first kappa shape index (κ1) is 25.5. The van der Waals surface area contributed by atoms with Crippen LogP contribution >= 0.6 is 11.6 Å². The van der Waals surface area contributed by atoms with E-state index in [2.05, 4.69) is 10.3 Å². The maximum atomic E-state index is 12.6. The predicted molar refractivity (Wildman–Crippen MR) is 125 cm³/mol. The second-order valence-electron chi connectivity index (χ2n) is 7.50. The number of carbonyl (C=O) groups is 1. The second-order valence-corrected chi connectivity index (χ2v) is 9.81. The molecule has 6 nitrogen and oxygen atoms in total. The normalized spacial score (nSPS) is 11.8. The lowest BCUT2D eigenvalue weighted by Crippen LogP contribution is -2.32. The van der Waals surface area contributed by atoms with Gasteiger partial charge in [-0.25, -0.2) is 8.42 Å². The number of hydrogen-bond acceptors (Lipinski definition) is 4. The highest BCUT2D eigenvalue weighted by Crippen LogP contribution is 2.27. The van der Waals surface area contributed by atoms with Crippen LogP contribution in [-0.4, -0.2) is 32.1 Å². The Morgan fingerprint density at radius 2 is 1.74 bits per heavy atom. The molecule has 3 aromatic rings. The van der Waals surface area contributed by atoms with E-state index < -0.39 is 27.8 Å². The zero-order chi connectivity index (χ0) is 24.9. The molecule has 1 N–H and O–H groups in total. The summed E-state index contributed by atoms with van der Waals surface area (Å²) in [5, 5.41) is 3.18. The SMILES string of the molecule is CS(=O)(=O)N(CCc1ccccc1Cl)c1ccc(NC(=O)Cc2ccc(C(F)(F)F)nc2)cc1. The third-order valence-corrected chi connectivity index (χ3v) is 6.42.